The number of aromatic nitrogens is 3. The van der Waals surface area contributed by atoms with Gasteiger partial charge in [0.2, 0.25) is 27.9 Å². The first-order valence-electron chi connectivity index (χ1n) is 11.7. The van der Waals surface area contributed by atoms with Crippen molar-refractivity contribution >= 4 is 64.6 Å². The Labute approximate surface area is 236 Å². The van der Waals surface area contributed by atoms with Gasteiger partial charge in [-0.25, -0.2) is 13.1 Å². The summed E-state index contributed by atoms with van der Waals surface area (Å²) in [7, 11) is -12.7. The van der Waals surface area contributed by atoms with Crippen molar-refractivity contribution in [3.63, 3.8) is 0 Å². The molecule has 0 aliphatic heterocycles. The van der Waals surface area contributed by atoms with Crippen LogP contribution in [0.3, 0.4) is 0 Å². The lowest BCUT2D eigenvalue weighted by Gasteiger charge is -2.14. The second-order valence-electron chi connectivity index (χ2n) is 8.67. The first kappa shape index (κ1) is 30.0. The summed E-state index contributed by atoms with van der Waals surface area (Å²) < 4.78 is 91.3. The Kier molecular flexibility index (Phi) is 8.71. The van der Waals surface area contributed by atoms with Crippen LogP contribution in [0.5, 0.6) is 0 Å². The standard InChI is InChI=1S/C23H25N7O8S3/c1-39(31,32)26-10-9-24-21-28-22(25-14-15-5-3-2-4-6-15)30-23(29-21)27-20-13-18(41(36,37)38)12-16-11-17(40(33,34)35)7-8-19(16)20/h2-8,11-13,26H,9-10,14H2,1H3,(H,33,34,35)(H,36,37,38)(H3,24,25,27,28,29,30). The molecule has 18 heteroatoms. The van der Waals surface area contributed by atoms with Crippen LogP contribution >= 0.6 is 0 Å². The maximum absolute atomic E-state index is 12.0. The number of hydrogen-bond acceptors (Lipinski definition) is 12. The molecule has 0 aliphatic carbocycles. The van der Waals surface area contributed by atoms with Gasteiger partial charge >= 0.3 is 0 Å². The van der Waals surface area contributed by atoms with Gasteiger partial charge in [0.25, 0.3) is 20.2 Å². The van der Waals surface area contributed by atoms with Gasteiger partial charge in [0.15, 0.2) is 0 Å². The molecule has 0 amide bonds. The number of benzene rings is 3. The molecule has 1 heterocycles. The Bertz CT molecular complexity index is 1900. The molecule has 6 N–H and O–H groups in total. The van der Waals surface area contributed by atoms with E-state index in [9.17, 15) is 34.4 Å². The third kappa shape index (κ3) is 8.52. The monoisotopic (exact) mass is 623 g/mol. The Balaban J connectivity index is 1.72. The number of nitrogens with zero attached hydrogens (tertiary/aromatic N) is 3. The molecule has 0 saturated carbocycles. The van der Waals surface area contributed by atoms with E-state index in [4.69, 9.17) is 0 Å². The van der Waals surface area contributed by atoms with Gasteiger partial charge in [-0.05, 0) is 35.2 Å². The molecule has 1 aromatic heterocycles. The lowest BCUT2D eigenvalue weighted by molar-refractivity contribution is 0.481. The summed E-state index contributed by atoms with van der Waals surface area (Å²) in [5.41, 5.74) is 1.01. The van der Waals surface area contributed by atoms with Gasteiger partial charge in [-0.1, -0.05) is 36.4 Å². The molecule has 3 aromatic carbocycles. The zero-order valence-electron chi connectivity index (χ0n) is 21.3. The van der Waals surface area contributed by atoms with Crippen LogP contribution in [-0.2, 0) is 36.8 Å². The summed E-state index contributed by atoms with van der Waals surface area (Å²) in [6, 6.07) is 15.0. The first-order chi connectivity index (χ1) is 19.2. The fourth-order valence-electron chi connectivity index (χ4n) is 3.63. The number of fused-ring (bicyclic) bond motifs is 1. The molecule has 41 heavy (non-hydrogen) atoms. The van der Waals surface area contributed by atoms with Crippen molar-refractivity contribution in [1.29, 1.82) is 0 Å². The van der Waals surface area contributed by atoms with Crippen molar-refractivity contribution < 1.29 is 34.4 Å². The highest BCUT2D eigenvalue weighted by atomic mass is 32.2. The highest BCUT2D eigenvalue weighted by Gasteiger charge is 2.18. The maximum atomic E-state index is 12.0. The lowest BCUT2D eigenvalue weighted by atomic mass is 10.1. The van der Waals surface area contributed by atoms with E-state index in [1.165, 1.54) is 6.07 Å². The van der Waals surface area contributed by atoms with Gasteiger partial charge in [-0.15, -0.1) is 0 Å². The predicted octanol–water partition coefficient (Wildman–Crippen LogP) is 1.83. The summed E-state index contributed by atoms with van der Waals surface area (Å²) in [4.78, 5) is 11.8. The zero-order chi connectivity index (χ0) is 29.8. The molecule has 0 atom stereocenters. The van der Waals surface area contributed by atoms with Crippen molar-refractivity contribution in [1.82, 2.24) is 19.7 Å². The Hall–Kier alpha value is -3.94. The summed E-state index contributed by atoms with van der Waals surface area (Å²) >= 11 is 0. The van der Waals surface area contributed by atoms with E-state index < -0.39 is 40.1 Å². The van der Waals surface area contributed by atoms with Gasteiger partial charge in [0.05, 0.1) is 21.7 Å². The van der Waals surface area contributed by atoms with E-state index >= 15 is 0 Å². The van der Waals surface area contributed by atoms with E-state index in [0.29, 0.717) is 11.9 Å². The molecule has 0 aliphatic rings. The number of hydrogen-bond donors (Lipinski definition) is 6. The minimum atomic E-state index is -4.73. The molecule has 4 aromatic rings. The minimum Gasteiger partial charge on any atom is -0.353 e. The fraction of sp³-hybridized carbons (Fsp3) is 0.174. The smallest absolute Gasteiger partial charge is 0.294 e. The van der Waals surface area contributed by atoms with Crippen molar-refractivity contribution in [2.45, 2.75) is 16.3 Å². The summed E-state index contributed by atoms with van der Waals surface area (Å²) in [6.45, 7) is 0.504. The number of rotatable bonds is 12. The number of anilines is 4. The Morgan fingerprint density at radius 3 is 1.95 bits per heavy atom. The molecular weight excluding hydrogens is 598 g/mol. The number of nitrogens with one attached hydrogen (secondary N) is 4. The normalized spacial score (nSPS) is 12.3. The van der Waals surface area contributed by atoms with Crippen LogP contribution in [0.25, 0.3) is 10.8 Å². The quantitative estimate of drug-likeness (QED) is 0.0977. The average molecular weight is 624 g/mol. The highest BCUT2D eigenvalue weighted by molar-refractivity contribution is 7.88. The Morgan fingerprint density at radius 1 is 0.707 bits per heavy atom. The second-order valence-corrected chi connectivity index (χ2v) is 13.3. The summed E-state index contributed by atoms with van der Waals surface area (Å²) in [6.07, 6.45) is 1.02. The van der Waals surface area contributed by atoms with Crippen LogP contribution in [-0.4, -0.2) is 68.7 Å². The van der Waals surface area contributed by atoms with Crippen molar-refractivity contribution in [2.75, 3.05) is 35.3 Å². The molecule has 4 rings (SSSR count). The van der Waals surface area contributed by atoms with E-state index in [2.05, 4.69) is 35.6 Å². The molecule has 0 bridgehead atoms. The van der Waals surface area contributed by atoms with Crippen LogP contribution in [0.2, 0.25) is 0 Å². The maximum Gasteiger partial charge on any atom is 0.294 e. The Morgan fingerprint density at radius 2 is 1.32 bits per heavy atom. The van der Waals surface area contributed by atoms with Gasteiger partial charge < -0.3 is 16.0 Å². The van der Waals surface area contributed by atoms with Crippen LogP contribution < -0.4 is 20.7 Å². The lowest BCUT2D eigenvalue weighted by Crippen LogP contribution is -2.28. The van der Waals surface area contributed by atoms with E-state index in [0.717, 1.165) is 36.1 Å². The largest absolute Gasteiger partial charge is 0.353 e. The third-order valence-corrected chi connectivity index (χ3v) is 7.85. The van der Waals surface area contributed by atoms with Crippen molar-refractivity contribution in [2.24, 2.45) is 0 Å². The van der Waals surface area contributed by atoms with Crippen LogP contribution in [0.1, 0.15) is 5.56 Å². The van der Waals surface area contributed by atoms with Gasteiger partial charge in [0.1, 0.15) is 0 Å². The molecule has 0 radical (unpaired) electrons. The summed E-state index contributed by atoms with van der Waals surface area (Å²) in [5.74, 6) is 0.105. The summed E-state index contributed by atoms with van der Waals surface area (Å²) in [5, 5.41) is 9.19. The third-order valence-electron chi connectivity index (χ3n) is 5.44. The van der Waals surface area contributed by atoms with E-state index in [1.54, 1.807) is 0 Å². The minimum absolute atomic E-state index is 0.0389. The highest BCUT2D eigenvalue weighted by Crippen LogP contribution is 2.31. The van der Waals surface area contributed by atoms with E-state index in [-0.39, 0.29) is 42.0 Å². The van der Waals surface area contributed by atoms with Crippen LogP contribution in [0.4, 0.5) is 23.5 Å². The molecule has 218 valence electrons. The van der Waals surface area contributed by atoms with Crippen molar-refractivity contribution in [3.8, 4) is 0 Å². The van der Waals surface area contributed by atoms with E-state index in [1.807, 2.05) is 30.3 Å². The predicted molar refractivity (Wildman–Crippen MR) is 152 cm³/mol. The van der Waals surface area contributed by atoms with Crippen molar-refractivity contribution in [3.05, 3.63) is 66.2 Å². The van der Waals surface area contributed by atoms with Gasteiger partial charge in [-0.3, -0.25) is 9.11 Å². The van der Waals surface area contributed by atoms with Gasteiger partial charge in [-0.2, -0.15) is 31.8 Å². The van der Waals surface area contributed by atoms with Crippen LogP contribution in [0, 0.1) is 0 Å². The first-order valence-corrected chi connectivity index (χ1v) is 16.5. The molecule has 0 spiro atoms. The topological polar surface area (TPSA) is 230 Å². The molecule has 0 saturated heterocycles. The molecule has 0 unspecified atom stereocenters. The van der Waals surface area contributed by atoms with Crippen LogP contribution in [0.15, 0.2) is 70.5 Å². The fourth-order valence-corrected chi connectivity index (χ4v) is 5.16. The number of sulfonamides is 1. The molecule has 0 fully saturated rings. The molecular formula is C23H25N7O8S3. The second kappa shape index (κ2) is 11.9. The average Bonchev–Trinajstić information content (AvgIpc) is 2.88. The molecule has 15 nitrogen and oxygen atoms in total. The SMILES string of the molecule is CS(=O)(=O)NCCNc1nc(NCc2ccccc2)nc(Nc2cc(S(=O)(=O)O)cc3cc(S(=O)(=O)O)ccc23)n1. The zero-order valence-corrected chi connectivity index (χ0v) is 23.8. The van der Waals surface area contributed by atoms with Gasteiger partial charge in [0, 0.05) is 25.0 Å².